The molecule has 0 fully saturated rings. The molecular weight excluding hydrogens is 298 g/mol. The molecule has 3 aromatic rings. The summed E-state index contributed by atoms with van der Waals surface area (Å²) in [4.78, 5) is 0. The monoisotopic (exact) mass is 319 g/mol. The van der Waals surface area contributed by atoms with Crippen molar-refractivity contribution in [3.8, 4) is 17.2 Å². The Bertz CT molecular complexity index is 754. The molecular formula is C21H21NO2. The second-order valence-electron chi connectivity index (χ2n) is 5.37. The van der Waals surface area contributed by atoms with Crippen LogP contribution in [0, 0.1) is 0 Å². The Hall–Kier alpha value is -2.94. The molecule has 0 aliphatic heterocycles. The summed E-state index contributed by atoms with van der Waals surface area (Å²) < 4.78 is 11.3. The van der Waals surface area contributed by atoms with Gasteiger partial charge >= 0.3 is 0 Å². The second-order valence-corrected chi connectivity index (χ2v) is 5.37. The van der Waals surface area contributed by atoms with E-state index in [4.69, 9.17) is 9.47 Å². The topological polar surface area (TPSA) is 30.5 Å². The number of anilines is 1. The van der Waals surface area contributed by atoms with Gasteiger partial charge in [0, 0.05) is 12.2 Å². The number of benzene rings is 3. The molecule has 24 heavy (non-hydrogen) atoms. The molecule has 0 radical (unpaired) electrons. The number of hydrogen-bond donors (Lipinski definition) is 1. The van der Waals surface area contributed by atoms with E-state index in [9.17, 15) is 0 Å². The predicted molar refractivity (Wildman–Crippen MR) is 97.9 cm³/mol. The van der Waals surface area contributed by atoms with Gasteiger partial charge in [0.15, 0.2) is 0 Å². The maximum atomic E-state index is 5.79. The van der Waals surface area contributed by atoms with E-state index in [1.807, 2.05) is 73.7 Å². The van der Waals surface area contributed by atoms with Gasteiger partial charge in [-0.15, -0.1) is 0 Å². The second kappa shape index (κ2) is 8.06. The molecule has 0 amide bonds. The highest BCUT2D eigenvalue weighted by molar-refractivity contribution is 5.48. The average Bonchev–Trinajstić information content (AvgIpc) is 2.63. The lowest BCUT2D eigenvalue weighted by molar-refractivity contribution is 0.340. The number of ether oxygens (including phenoxy) is 2. The minimum Gasteiger partial charge on any atom is -0.494 e. The fourth-order valence-electron chi connectivity index (χ4n) is 2.38. The maximum Gasteiger partial charge on any atom is 0.127 e. The number of hydrogen-bond acceptors (Lipinski definition) is 3. The van der Waals surface area contributed by atoms with Crippen molar-refractivity contribution in [3.63, 3.8) is 0 Å². The summed E-state index contributed by atoms with van der Waals surface area (Å²) in [6.45, 7) is 3.42. The van der Waals surface area contributed by atoms with Crippen molar-refractivity contribution < 1.29 is 9.47 Å². The minimum atomic E-state index is 0.680. The number of nitrogens with one attached hydrogen (secondary N) is 1. The normalized spacial score (nSPS) is 10.2. The smallest absolute Gasteiger partial charge is 0.127 e. The first kappa shape index (κ1) is 15.9. The Balaban J connectivity index is 1.57. The van der Waals surface area contributed by atoms with Crippen molar-refractivity contribution in [2.75, 3.05) is 11.9 Å². The van der Waals surface area contributed by atoms with E-state index in [1.54, 1.807) is 0 Å². The molecule has 0 saturated carbocycles. The molecule has 0 aromatic heterocycles. The van der Waals surface area contributed by atoms with E-state index < -0.39 is 0 Å². The summed E-state index contributed by atoms with van der Waals surface area (Å²) >= 11 is 0. The van der Waals surface area contributed by atoms with Crippen molar-refractivity contribution in [2.24, 2.45) is 0 Å². The highest BCUT2D eigenvalue weighted by Crippen LogP contribution is 2.23. The van der Waals surface area contributed by atoms with Crippen LogP contribution in [0.1, 0.15) is 12.5 Å². The molecule has 0 saturated heterocycles. The van der Waals surface area contributed by atoms with Crippen LogP contribution in [0.3, 0.4) is 0 Å². The van der Waals surface area contributed by atoms with Gasteiger partial charge in [0.2, 0.25) is 0 Å². The van der Waals surface area contributed by atoms with E-state index >= 15 is 0 Å². The van der Waals surface area contributed by atoms with Crippen LogP contribution in [0.5, 0.6) is 17.2 Å². The van der Waals surface area contributed by atoms with Crippen molar-refractivity contribution in [2.45, 2.75) is 13.5 Å². The molecule has 0 bridgehead atoms. The number of rotatable bonds is 7. The van der Waals surface area contributed by atoms with E-state index in [0.717, 1.165) is 29.5 Å². The van der Waals surface area contributed by atoms with Gasteiger partial charge in [-0.25, -0.2) is 0 Å². The van der Waals surface area contributed by atoms with Crippen LogP contribution in [-0.4, -0.2) is 6.61 Å². The third-order valence-electron chi connectivity index (χ3n) is 3.54. The first-order valence-electron chi connectivity index (χ1n) is 8.12. The van der Waals surface area contributed by atoms with Gasteiger partial charge in [0.25, 0.3) is 0 Å². The summed E-state index contributed by atoms with van der Waals surface area (Å²) in [7, 11) is 0. The molecule has 3 aromatic carbocycles. The molecule has 0 spiro atoms. The Kier molecular flexibility index (Phi) is 5.36. The number of para-hydroxylation sites is 1. The Labute approximate surface area is 142 Å². The first-order valence-corrected chi connectivity index (χ1v) is 8.12. The van der Waals surface area contributed by atoms with Crippen LogP contribution in [-0.2, 0) is 6.54 Å². The van der Waals surface area contributed by atoms with Crippen molar-refractivity contribution in [1.29, 1.82) is 0 Å². The van der Waals surface area contributed by atoms with E-state index in [2.05, 4.69) is 17.4 Å². The molecule has 0 heterocycles. The van der Waals surface area contributed by atoms with Crippen LogP contribution in [0.25, 0.3) is 0 Å². The zero-order chi connectivity index (χ0) is 16.6. The molecule has 0 unspecified atom stereocenters. The first-order chi connectivity index (χ1) is 11.8. The lowest BCUT2D eigenvalue weighted by Crippen LogP contribution is -2.00. The van der Waals surface area contributed by atoms with Crippen LogP contribution < -0.4 is 14.8 Å². The van der Waals surface area contributed by atoms with Crippen molar-refractivity contribution in [1.82, 2.24) is 0 Å². The molecule has 0 aliphatic carbocycles. The third kappa shape index (κ3) is 4.53. The van der Waals surface area contributed by atoms with Crippen molar-refractivity contribution >= 4 is 5.69 Å². The standard InChI is InChI=1S/C21H21NO2/c1-2-23-21-10-6-7-17(15-21)16-22-18-11-13-20(14-12-18)24-19-8-4-3-5-9-19/h3-15,22H,2,16H2,1H3. The van der Waals surface area contributed by atoms with Gasteiger partial charge in [-0.2, -0.15) is 0 Å². The van der Waals surface area contributed by atoms with E-state index in [0.29, 0.717) is 6.61 Å². The van der Waals surface area contributed by atoms with Gasteiger partial charge in [-0.3, -0.25) is 0 Å². The van der Waals surface area contributed by atoms with Crippen LogP contribution in [0.15, 0.2) is 78.9 Å². The predicted octanol–water partition coefficient (Wildman–Crippen LogP) is 5.49. The fraction of sp³-hybridized carbons (Fsp3) is 0.143. The quantitative estimate of drug-likeness (QED) is 0.624. The Morgan fingerprint density at radius 2 is 1.46 bits per heavy atom. The Morgan fingerprint density at radius 3 is 2.21 bits per heavy atom. The van der Waals surface area contributed by atoms with Crippen molar-refractivity contribution in [3.05, 3.63) is 84.4 Å². The molecule has 3 nitrogen and oxygen atoms in total. The Morgan fingerprint density at radius 1 is 0.750 bits per heavy atom. The average molecular weight is 319 g/mol. The summed E-state index contributed by atoms with van der Waals surface area (Å²) in [6, 6.07) is 25.9. The molecule has 0 aliphatic rings. The van der Waals surface area contributed by atoms with Crippen LogP contribution in [0.2, 0.25) is 0 Å². The highest BCUT2D eigenvalue weighted by atomic mass is 16.5. The van der Waals surface area contributed by atoms with E-state index in [-0.39, 0.29) is 0 Å². The zero-order valence-electron chi connectivity index (χ0n) is 13.7. The summed E-state index contributed by atoms with van der Waals surface area (Å²) in [6.07, 6.45) is 0. The molecule has 1 N–H and O–H groups in total. The van der Waals surface area contributed by atoms with Gasteiger partial charge in [-0.05, 0) is 61.0 Å². The summed E-state index contributed by atoms with van der Waals surface area (Å²) in [5.74, 6) is 2.57. The van der Waals surface area contributed by atoms with E-state index in [1.165, 1.54) is 5.56 Å². The van der Waals surface area contributed by atoms with Gasteiger partial charge in [-0.1, -0.05) is 30.3 Å². The molecule has 122 valence electrons. The van der Waals surface area contributed by atoms with Crippen LogP contribution in [0.4, 0.5) is 5.69 Å². The molecule has 0 atom stereocenters. The fourth-order valence-corrected chi connectivity index (χ4v) is 2.38. The molecule has 3 heteroatoms. The maximum absolute atomic E-state index is 5.79. The van der Waals surface area contributed by atoms with Crippen LogP contribution >= 0.6 is 0 Å². The SMILES string of the molecule is CCOc1cccc(CNc2ccc(Oc3ccccc3)cc2)c1. The third-order valence-corrected chi connectivity index (χ3v) is 3.54. The summed E-state index contributed by atoms with van der Waals surface area (Å²) in [5.41, 5.74) is 2.24. The van der Waals surface area contributed by atoms with Gasteiger partial charge in [0.1, 0.15) is 17.2 Å². The lowest BCUT2D eigenvalue weighted by Gasteiger charge is -2.10. The molecule has 3 rings (SSSR count). The highest BCUT2D eigenvalue weighted by Gasteiger charge is 1.99. The minimum absolute atomic E-state index is 0.680. The lowest BCUT2D eigenvalue weighted by atomic mass is 10.2. The summed E-state index contributed by atoms with van der Waals surface area (Å²) in [5, 5.41) is 3.41. The zero-order valence-corrected chi connectivity index (χ0v) is 13.7. The largest absolute Gasteiger partial charge is 0.494 e. The van der Waals surface area contributed by atoms with Gasteiger partial charge in [0.05, 0.1) is 6.61 Å². The van der Waals surface area contributed by atoms with Gasteiger partial charge < -0.3 is 14.8 Å².